The minimum Gasteiger partial charge on any atom is -0.493 e. The van der Waals surface area contributed by atoms with E-state index >= 15 is 0 Å². The molecular weight excluding hydrogens is 330 g/mol. The van der Waals surface area contributed by atoms with Gasteiger partial charge in [-0.15, -0.1) is 6.58 Å². The normalized spacial score (nSPS) is 10.8. The van der Waals surface area contributed by atoms with Gasteiger partial charge in [0, 0.05) is 13.0 Å². The topological polar surface area (TPSA) is 30.5 Å². The van der Waals surface area contributed by atoms with Crippen molar-refractivity contribution in [1.29, 1.82) is 0 Å². The summed E-state index contributed by atoms with van der Waals surface area (Å²) in [5.74, 6) is 2.15. The molecule has 1 aromatic carbocycles. The van der Waals surface area contributed by atoms with Crippen molar-refractivity contribution in [2.75, 3.05) is 20.3 Å². The molecular formula is C17H26BrNO2. The fourth-order valence-electron chi connectivity index (χ4n) is 1.85. The Labute approximate surface area is 136 Å². The van der Waals surface area contributed by atoms with Crippen LogP contribution in [-0.4, -0.2) is 20.3 Å². The van der Waals surface area contributed by atoms with Crippen LogP contribution in [0.2, 0.25) is 0 Å². The minimum atomic E-state index is 0.606. The molecule has 1 rings (SSSR count). The monoisotopic (exact) mass is 355 g/mol. The highest BCUT2D eigenvalue weighted by Crippen LogP contribution is 2.36. The lowest BCUT2D eigenvalue weighted by Crippen LogP contribution is -2.19. The Morgan fingerprint density at radius 3 is 2.67 bits per heavy atom. The first kappa shape index (κ1) is 18.1. The number of ether oxygens (including phenoxy) is 2. The highest BCUT2D eigenvalue weighted by molar-refractivity contribution is 9.10. The van der Waals surface area contributed by atoms with Gasteiger partial charge in [0.25, 0.3) is 0 Å². The molecule has 0 saturated carbocycles. The van der Waals surface area contributed by atoms with E-state index < -0.39 is 0 Å². The maximum absolute atomic E-state index is 5.81. The Balaban J connectivity index is 2.74. The number of rotatable bonds is 9. The van der Waals surface area contributed by atoms with Crippen LogP contribution in [0.1, 0.15) is 32.8 Å². The predicted molar refractivity (Wildman–Crippen MR) is 92.2 cm³/mol. The fourth-order valence-corrected chi connectivity index (χ4v) is 2.45. The zero-order chi connectivity index (χ0) is 15.8. The predicted octanol–water partition coefficient (Wildman–Crippen LogP) is 4.55. The lowest BCUT2D eigenvalue weighted by molar-refractivity contribution is 0.295. The van der Waals surface area contributed by atoms with E-state index in [9.17, 15) is 0 Å². The summed E-state index contributed by atoms with van der Waals surface area (Å²) in [6.07, 6.45) is 0.841. The highest BCUT2D eigenvalue weighted by Gasteiger charge is 2.11. The SMILES string of the molecule is C=C(C)CCOc1c(Br)cc(CNCC(C)C)cc1OC. The van der Waals surface area contributed by atoms with Crippen LogP contribution in [0.15, 0.2) is 28.8 Å². The molecule has 118 valence electrons. The Hall–Kier alpha value is -1.00. The van der Waals surface area contributed by atoms with Crippen LogP contribution in [0.3, 0.4) is 0 Å². The molecule has 0 aliphatic rings. The smallest absolute Gasteiger partial charge is 0.175 e. The van der Waals surface area contributed by atoms with Crippen LogP contribution in [0.5, 0.6) is 11.5 Å². The van der Waals surface area contributed by atoms with E-state index in [1.165, 1.54) is 5.56 Å². The van der Waals surface area contributed by atoms with Gasteiger partial charge in [0.1, 0.15) is 0 Å². The molecule has 4 heteroatoms. The van der Waals surface area contributed by atoms with Crippen molar-refractivity contribution in [3.8, 4) is 11.5 Å². The summed E-state index contributed by atoms with van der Waals surface area (Å²) in [7, 11) is 1.67. The number of nitrogens with one attached hydrogen (secondary N) is 1. The summed E-state index contributed by atoms with van der Waals surface area (Å²) in [6, 6.07) is 4.10. The van der Waals surface area contributed by atoms with E-state index in [0.717, 1.165) is 41.1 Å². The first-order valence-corrected chi connectivity index (χ1v) is 8.07. The van der Waals surface area contributed by atoms with Crippen molar-refractivity contribution in [3.63, 3.8) is 0 Å². The lowest BCUT2D eigenvalue weighted by atomic mass is 10.1. The molecule has 0 radical (unpaired) electrons. The van der Waals surface area contributed by atoms with E-state index in [-0.39, 0.29) is 0 Å². The average molecular weight is 356 g/mol. The zero-order valence-electron chi connectivity index (χ0n) is 13.5. The molecule has 0 aliphatic heterocycles. The molecule has 1 N–H and O–H groups in total. The Bertz CT molecular complexity index is 472. The molecule has 0 amide bonds. The Kier molecular flexibility index (Phi) is 7.83. The third-order valence-electron chi connectivity index (χ3n) is 2.95. The lowest BCUT2D eigenvalue weighted by Gasteiger charge is -2.15. The van der Waals surface area contributed by atoms with Gasteiger partial charge in [0.15, 0.2) is 11.5 Å². The quantitative estimate of drug-likeness (QED) is 0.659. The van der Waals surface area contributed by atoms with E-state index in [1.807, 2.05) is 13.0 Å². The molecule has 0 fully saturated rings. The molecule has 21 heavy (non-hydrogen) atoms. The van der Waals surface area contributed by atoms with Gasteiger partial charge < -0.3 is 14.8 Å². The summed E-state index contributed by atoms with van der Waals surface area (Å²) in [6.45, 7) is 12.7. The second-order valence-corrected chi connectivity index (χ2v) is 6.54. The summed E-state index contributed by atoms with van der Waals surface area (Å²) in [5.41, 5.74) is 2.28. The van der Waals surface area contributed by atoms with Gasteiger partial charge in [-0.3, -0.25) is 0 Å². The standard InChI is InChI=1S/C17H26BrNO2/c1-12(2)6-7-21-17-15(18)8-14(9-16(17)20-5)11-19-10-13(3)4/h8-9,13,19H,1,6-7,10-11H2,2-5H3. The van der Waals surface area contributed by atoms with Crippen molar-refractivity contribution in [3.05, 3.63) is 34.3 Å². The molecule has 0 aromatic heterocycles. The van der Waals surface area contributed by atoms with Gasteiger partial charge in [-0.25, -0.2) is 0 Å². The summed E-state index contributed by atoms with van der Waals surface area (Å²) in [5, 5.41) is 3.43. The van der Waals surface area contributed by atoms with Gasteiger partial charge in [0.05, 0.1) is 18.2 Å². The van der Waals surface area contributed by atoms with E-state index in [4.69, 9.17) is 9.47 Å². The van der Waals surface area contributed by atoms with Crippen molar-refractivity contribution in [2.24, 2.45) is 5.92 Å². The van der Waals surface area contributed by atoms with Crippen molar-refractivity contribution in [1.82, 2.24) is 5.32 Å². The maximum atomic E-state index is 5.81. The second-order valence-electron chi connectivity index (χ2n) is 5.69. The third-order valence-corrected chi connectivity index (χ3v) is 3.54. The number of methoxy groups -OCH3 is 1. The van der Waals surface area contributed by atoms with Gasteiger partial charge in [0.2, 0.25) is 0 Å². The third kappa shape index (κ3) is 6.53. The van der Waals surface area contributed by atoms with Gasteiger partial charge in [-0.05, 0) is 53.0 Å². The molecule has 3 nitrogen and oxygen atoms in total. The van der Waals surface area contributed by atoms with Crippen LogP contribution in [0.4, 0.5) is 0 Å². The number of benzene rings is 1. The van der Waals surface area contributed by atoms with Crippen molar-refractivity contribution in [2.45, 2.75) is 33.7 Å². The summed E-state index contributed by atoms with van der Waals surface area (Å²) < 4.78 is 12.2. The largest absolute Gasteiger partial charge is 0.493 e. The number of halogens is 1. The number of hydrogen-bond acceptors (Lipinski definition) is 3. The molecule has 0 heterocycles. The van der Waals surface area contributed by atoms with Crippen LogP contribution in [-0.2, 0) is 6.54 Å². The van der Waals surface area contributed by atoms with Gasteiger partial charge >= 0.3 is 0 Å². The first-order chi connectivity index (χ1) is 9.93. The zero-order valence-corrected chi connectivity index (χ0v) is 15.0. The molecule has 1 aromatic rings. The van der Waals surface area contributed by atoms with Gasteiger partial charge in [-0.2, -0.15) is 0 Å². The van der Waals surface area contributed by atoms with Crippen LogP contribution in [0, 0.1) is 5.92 Å². The van der Waals surface area contributed by atoms with Crippen LogP contribution < -0.4 is 14.8 Å². The van der Waals surface area contributed by atoms with Crippen molar-refractivity contribution >= 4 is 15.9 Å². The molecule has 0 unspecified atom stereocenters. The van der Waals surface area contributed by atoms with Crippen LogP contribution in [0.25, 0.3) is 0 Å². The summed E-state index contributed by atoms with van der Waals surface area (Å²) in [4.78, 5) is 0. The van der Waals surface area contributed by atoms with Crippen LogP contribution >= 0.6 is 15.9 Å². The summed E-state index contributed by atoms with van der Waals surface area (Å²) >= 11 is 3.57. The fraction of sp³-hybridized carbons (Fsp3) is 0.529. The molecule has 0 atom stereocenters. The number of hydrogen-bond donors (Lipinski definition) is 1. The van der Waals surface area contributed by atoms with Crippen molar-refractivity contribution < 1.29 is 9.47 Å². The average Bonchev–Trinajstić information content (AvgIpc) is 2.39. The first-order valence-electron chi connectivity index (χ1n) is 7.28. The molecule has 0 aliphatic carbocycles. The second kappa shape index (κ2) is 9.11. The van der Waals surface area contributed by atoms with E-state index in [2.05, 4.69) is 47.7 Å². The molecule has 0 bridgehead atoms. The molecule has 0 saturated heterocycles. The maximum Gasteiger partial charge on any atom is 0.175 e. The Morgan fingerprint density at radius 1 is 1.38 bits per heavy atom. The Morgan fingerprint density at radius 2 is 2.10 bits per heavy atom. The van der Waals surface area contributed by atoms with E-state index in [1.54, 1.807) is 7.11 Å². The highest BCUT2D eigenvalue weighted by atomic mass is 79.9. The molecule has 0 spiro atoms. The van der Waals surface area contributed by atoms with E-state index in [0.29, 0.717) is 12.5 Å². The van der Waals surface area contributed by atoms with Gasteiger partial charge in [-0.1, -0.05) is 19.4 Å². The minimum absolute atomic E-state index is 0.606.